The number of hydrogen-bond donors (Lipinski definition) is 0. The van der Waals surface area contributed by atoms with Crippen molar-refractivity contribution in [1.29, 1.82) is 0 Å². The molecule has 2 amide bonds. The fourth-order valence-corrected chi connectivity index (χ4v) is 1.07. The summed E-state index contributed by atoms with van der Waals surface area (Å²) < 4.78 is 0. The van der Waals surface area contributed by atoms with E-state index in [9.17, 15) is 9.59 Å². The predicted molar refractivity (Wildman–Crippen MR) is 51.2 cm³/mol. The van der Waals surface area contributed by atoms with E-state index in [1.54, 1.807) is 11.9 Å². The molecule has 0 aromatic carbocycles. The van der Waals surface area contributed by atoms with Crippen molar-refractivity contribution < 1.29 is 9.59 Å². The Morgan fingerprint density at radius 1 is 1.15 bits per heavy atom. The Labute approximate surface area is 79.5 Å². The topological polar surface area (TPSA) is 40.6 Å². The molecule has 0 bridgehead atoms. The van der Waals surface area contributed by atoms with Crippen LogP contribution in [0.2, 0.25) is 0 Å². The molecule has 0 atom stereocenters. The van der Waals surface area contributed by atoms with Crippen LogP contribution in [0.1, 0.15) is 20.8 Å². The summed E-state index contributed by atoms with van der Waals surface area (Å²) in [6.07, 6.45) is 0. The molecule has 1 aliphatic heterocycles. The molecule has 0 N–H and O–H groups in total. The van der Waals surface area contributed by atoms with Crippen LogP contribution < -0.4 is 0 Å². The van der Waals surface area contributed by atoms with E-state index in [-0.39, 0.29) is 5.91 Å². The maximum absolute atomic E-state index is 11.1. The summed E-state index contributed by atoms with van der Waals surface area (Å²) in [5, 5.41) is 0. The Balaban J connectivity index is 0.000000671. The Morgan fingerprint density at radius 3 is 2.15 bits per heavy atom. The molecule has 13 heavy (non-hydrogen) atoms. The van der Waals surface area contributed by atoms with Crippen LogP contribution in [0.15, 0.2) is 0 Å². The number of amides is 2. The second-order valence-corrected chi connectivity index (χ2v) is 2.61. The fourth-order valence-electron chi connectivity index (χ4n) is 1.07. The van der Waals surface area contributed by atoms with E-state index in [0.717, 1.165) is 0 Å². The molecule has 4 heteroatoms. The van der Waals surface area contributed by atoms with Gasteiger partial charge in [0.15, 0.2) is 0 Å². The molecule has 1 fully saturated rings. The number of carbonyl (C=O) groups is 2. The smallest absolute Gasteiger partial charge is 0.312 e. The lowest BCUT2D eigenvalue weighted by Gasteiger charge is -2.30. The molecular weight excluding hydrogens is 168 g/mol. The van der Waals surface area contributed by atoms with Gasteiger partial charge in [-0.25, -0.2) is 0 Å². The van der Waals surface area contributed by atoms with Crippen LogP contribution in [0.4, 0.5) is 0 Å². The lowest BCUT2D eigenvalue weighted by atomic mass is 10.3. The molecule has 1 heterocycles. The molecule has 1 aliphatic rings. The van der Waals surface area contributed by atoms with E-state index in [1.165, 1.54) is 4.90 Å². The lowest BCUT2D eigenvalue weighted by Crippen LogP contribution is -2.52. The third-order valence-corrected chi connectivity index (χ3v) is 1.90. The number of likely N-dealkylation sites (N-methyl/N-ethyl adjacent to an activating group) is 2. The molecule has 0 aromatic heterocycles. The van der Waals surface area contributed by atoms with Gasteiger partial charge in [-0.1, -0.05) is 13.8 Å². The summed E-state index contributed by atoms with van der Waals surface area (Å²) in [7, 11) is 1.65. The van der Waals surface area contributed by atoms with Crippen LogP contribution in [0.3, 0.4) is 0 Å². The van der Waals surface area contributed by atoms with Crippen molar-refractivity contribution in [3.63, 3.8) is 0 Å². The van der Waals surface area contributed by atoms with Gasteiger partial charge in [-0.05, 0) is 6.92 Å². The van der Waals surface area contributed by atoms with E-state index >= 15 is 0 Å². The van der Waals surface area contributed by atoms with Crippen molar-refractivity contribution in [3.8, 4) is 0 Å². The Kier molecular flexibility index (Phi) is 5.11. The zero-order valence-electron chi connectivity index (χ0n) is 8.83. The standard InChI is InChI=1S/C7H12N2O2.C2H6/c1-3-9-5-4-8(2)6(10)7(9)11;1-2/h3-5H2,1-2H3;1-2H3. The number of piperazine rings is 1. The molecule has 76 valence electrons. The summed E-state index contributed by atoms with van der Waals surface area (Å²) >= 11 is 0. The maximum atomic E-state index is 11.1. The summed E-state index contributed by atoms with van der Waals surface area (Å²) in [5.74, 6) is -0.764. The van der Waals surface area contributed by atoms with E-state index in [4.69, 9.17) is 0 Å². The molecule has 0 saturated carbocycles. The first kappa shape index (κ1) is 11.9. The van der Waals surface area contributed by atoms with Gasteiger partial charge in [0, 0.05) is 26.7 Å². The van der Waals surface area contributed by atoms with E-state index in [2.05, 4.69) is 0 Å². The van der Waals surface area contributed by atoms with E-state index < -0.39 is 5.91 Å². The molecule has 1 saturated heterocycles. The first-order chi connectivity index (χ1) is 6.16. The molecule has 0 aliphatic carbocycles. The van der Waals surface area contributed by atoms with Crippen molar-refractivity contribution >= 4 is 11.8 Å². The Morgan fingerprint density at radius 2 is 1.69 bits per heavy atom. The minimum atomic E-state index is -0.391. The number of rotatable bonds is 1. The quantitative estimate of drug-likeness (QED) is 0.554. The Bertz CT molecular complexity index is 192. The van der Waals surface area contributed by atoms with Crippen LogP contribution in [0.25, 0.3) is 0 Å². The highest BCUT2D eigenvalue weighted by molar-refractivity contribution is 6.35. The Hall–Kier alpha value is -1.06. The molecule has 0 unspecified atom stereocenters. The van der Waals surface area contributed by atoms with Crippen molar-refractivity contribution in [2.45, 2.75) is 20.8 Å². The normalized spacial score (nSPS) is 16.9. The highest BCUT2D eigenvalue weighted by Crippen LogP contribution is 2.01. The van der Waals surface area contributed by atoms with Crippen LogP contribution >= 0.6 is 0 Å². The predicted octanol–water partition coefficient (Wildman–Crippen LogP) is 0.333. The fraction of sp³-hybridized carbons (Fsp3) is 0.778. The first-order valence-electron chi connectivity index (χ1n) is 4.71. The van der Waals surface area contributed by atoms with Crippen molar-refractivity contribution in [3.05, 3.63) is 0 Å². The maximum Gasteiger partial charge on any atom is 0.312 e. The second-order valence-electron chi connectivity index (χ2n) is 2.61. The van der Waals surface area contributed by atoms with Gasteiger partial charge in [-0.15, -0.1) is 0 Å². The molecule has 0 aromatic rings. The molecule has 0 spiro atoms. The highest BCUT2D eigenvalue weighted by atomic mass is 16.2. The molecule has 1 rings (SSSR count). The van der Waals surface area contributed by atoms with E-state index in [1.807, 2.05) is 20.8 Å². The van der Waals surface area contributed by atoms with Gasteiger partial charge in [0.05, 0.1) is 0 Å². The van der Waals surface area contributed by atoms with Gasteiger partial charge in [-0.2, -0.15) is 0 Å². The van der Waals surface area contributed by atoms with Crippen molar-refractivity contribution in [1.82, 2.24) is 9.80 Å². The van der Waals surface area contributed by atoms with Crippen molar-refractivity contribution in [2.75, 3.05) is 26.7 Å². The van der Waals surface area contributed by atoms with Crippen LogP contribution in [0.5, 0.6) is 0 Å². The SMILES string of the molecule is CC.CCN1CCN(C)C(=O)C1=O. The third-order valence-electron chi connectivity index (χ3n) is 1.90. The summed E-state index contributed by atoms with van der Waals surface area (Å²) in [6.45, 7) is 7.81. The average molecular weight is 186 g/mol. The van der Waals surface area contributed by atoms with E-state index in [0.29, 0.717) is 19.6 Å². The lowest BCUT2D eigenvalue weighted by molar-refractivity contribution is -0.154. The minimum absolute atomic E-state index is 0.374. The summed E-state index contributed by atoms with van der Waals surface area (Å²) in [4.78, 5) is 25.1. The van der Waals surface area contributed by atoms with Gasteiger partial charge in [-0.3, -0.25) is 9.59 Å². The van der Waals surface area contributed by atoms with Crippen LogP contribution in [0, 0.1) is 0 Å². The number of hydrogen-bond acceptors (Lipinski definition) is 2. The summed E-state index contributed by atoms with van der Waals surface area (Å²) in [6, 6.07) is 0. The molecular formula is C9H18N2O2. The van der Waals surface area contributed by atoms with Crippen LogP contribution in [-0.2, 0) is 9.59 Å². The zero-order chi connectivity index (χ0) is 10.4. The van der Waals surface area contributed by atoms with Crippen LogP contribution in [-0.4, -0.2) is 48.3 Å². The molecule has 0 radical (unpaired) electrons. The summed E-state index contributed by atoms with van der Waals surface area (Å²) in [5.41, 5.74) is 0. The zero-order valence-corrected chi connectivity index (χ0v) is 8.83. The monoisotopic (exact) mass is 186 g/mol. The highest BCUT2D eigenvalue weighted by Gasteiger charge is 2.28. The first-order valence-corrected chi connectivity index (χ1v) is 4.71. The average Bonchev–Trinajstić information content (AvgIpc) is 2.18. The number of nitrogens with zero attached hydrogens (tertiary/aromatic N) is 2. The number of carbonyl (C=O) groups excluding carboxylic acids is 2. The van der Waals surface area contributed by atoms with Gasteiger partial charge in [0.25, 0.3) is 0 Å². The van der Waals surface area contributed by atoms with Crippen molar-refractivity contribution in [2.24, 2.45) is 0 Å². The van der Waals surface area contributed by atoms with Gasteiger partial charge in [0.1, 0.15) is 0 Å². The minimum Gasteiger partial charge on any atom is -0.336 e. The second kappa shape index (κ2) is 5.56. The largest absolute Gasteiger partial charge is 0.336 e. The van der Waals surface area contributed by atoms with Gasteiger partial charge in [0.2, 0.25) is 0 Å². The third kappa shape index (κ3) is 2.72. The van der Waals surface area contributed by atoms with Gasteiger partial charge < -0.3 is 9.80 Å². The molecule has 4 nitrogen and oxygen atoms in total. The van der Waals surface area contributed by atoms with Gasteiger partial charge >= 0.3 is 11.8 Å².